The lowest BCUT2D eigenvalue weighted by Gasteiger charge is -2.25. The lowest BCUT2D eigenvalue weighted by molar-refractivity contribution is -0.139. The summed E-state index contributed by atoms with van der Waals surface area (Å²) in [6.45, 7) is 4.42. The lowest BCUT2D eigenvalue weighted by Crippen LogP contribution is -2.47. The summed E-state index contributed by atoms with van der Waals surface area (Å²) in [5.41, 5.74) is 2.55. The molecule has 1 fully saturated rings. The number of aryl methyl sites for hydroxylation is 2. The van der Waals surface area contributed by atoms with Crippen molar-refractivity contribution in [2.45, 2.75) is 44.0 Å². The molecule has 2 aromatic carbocycles. The molecule has 0 radical (unpaired) electrons. The fraction of sp³-hybridized carbons (Fsp3) is 0.391. The Labute approximate surface area is 194 Å². The average molecular weight is 478 g/mol. The van der Waals surface area contributed by atoms with E-state index in [2.05, 4.69) is 10.6 Å². The van der Waals surface area contributed by atoms with E-state index >= 15 is 0 Å². The van der Waals surface area contributed by atoms with Crippen molar-refractivity contribution in [3.8, 4) is 0 Å². The third-order valence-corrected chi connectivity index (χ3v) is 7.92. The van der Waals surface area contributed by atoms with E-state index in [0.29, 0.717) is 42.9 Å². The van der Waals surface area contributed by atoms with E-state index in [4.69, 9.17) is 11.6 Å². The Morgan fingerprint density at radius 2 is 1.75 bits per heavy atom. The molecular weight excluding hydrogens is 450 g/mol. The maximum Gasteiger partial charge on any atom is 0.309 e. The van der Waals surface area contributed by atoms with Gasteiger partial charge >= 0.3 is 11.8 Å². The van der Waals surface area contributed by atoms with Crippen LogP contribution in [-0.4, -0.2) is 50.2 Å². The molecule has 0 bridgehead atoms. The molecule has 1 atom stereocenters. The van der Waals surface area contributed by atoms with Crippen LogP contribution in [0.15, 0.2) is 47.4 Å². The number of carbonyl (C=O) groups excluding carboxylic acids is 2. The van der Waals surface area contributed by atoms with Gasteiger partial charge in [-0.1, -0.05) is 35.9 Å². The van der Waals surface area contributed by atoms with Gasteiger partial charge in [-0.2, -0.15) is 4.31 Å². The summed E-state index contributed by atoms with van der Waals surface area (Å²) in [7, 11) is -3.69. The molecule has 1 unspecified atom stereocenters. The number of hydrogen-bond acceptors (Lipinski definition) is 4. The van der Waals surface area contributed by atoms with Crippen molar-refractivity contribution in [1.82, 2.24) is 14.9 Å². The number of nitrogens with one attached hydrogen (secondary N) is 2. The highest BCUT2D eigenvalue weighted by atomic mass is 35.5. The van der Waals surface area contributed by atoms with Gasteiger partial charge < -0.3 is 10.6 Å². The van der Waals surface area contributed by atoms with E-state index in [0.717, 1.165) is 11.1 Å². The SMILES string of the molecule is Cc1ccc(C)c(S(=O)(=O)N2CCCC2CNC(=O)C(=O)NCCc2ccc(Cl)cc2)c1. The van der Waals surface area contributed by atoms with Gasteiger partial charge in [-0.3, -0.25) is 9.59 Å². The molecule has 9 heteroatoms. The molecule has 172 valence electrons. The van der Waals surface area contributed by atoms with Crippen LogP contribution in [0.1, 0.15) is 29.5 Å². The van der Waals surface area contributed by atoms with Crippen molar-refractivity contribution >= 4 is 33.4 Å². The van der Waals surface area contributed by atoms with Crippen LogP contribution in [0.3, 0.4) is 0 Å². The third kappa shape index (κ3) is 5.88. The molecule has 32 heavy (non-hydrogen) atoms. The number of hydrogen-bond donors (Lipinski definition) is 2. The number of halogens is 1. The summed E-state index contributed by atoms with van der Waals surface area (Å²) < 4.78 is 27.9. The zero-order valence-electron chi connectivity index (χ0n) is 18.2. The Morgan fingerprint density at radius 1 is 1.06 bits per heavy atom. The van der Waals surface area contributed by atoms with E-state index in [1.165, 1.54) is 4.31 Å². The molecule has 1 saturated heterocycles. The highest BCUT2D eigenvalue weighted by Gasteiger charge is 2.36. The van der Waals surface area contributed by atoms with E-state index in [-0.39, 0.29) is 17.5 Å². The fourth-order valence-corrected chi connectivity index (χ4v) is 5.91. The summed E-state index contributed by atoms with van der Waals surface area (Å²) in [5.74, 6) is -1.50. The van der Waals surface area contributed by atoms with E-state index in [1.54, 1.807) is 31.2 Å². The first-order valence-electron chi connectivity index (χ1n) is 10.6. The lowest BCUT2D eigenvalue weighted by atomic mass is 10.1. The molecule has 0 spiro atoms. The topological polar surface area (TPSA) is 95.6 Å². The maximum absolute atomic E-state index is 13.2. The van der Waals surface area contributed by atoms with Crippen LogP contribution in [0.5, 0.6) is 0 Å². The Hall–Kier alpha value is -2.42. The smallest absolute Gasteiger partial charge is 0.309 e. The Bertz CT molecular complexity index is 1090. The number of carbonyl (C=O) groups is 2. The van der Waals surface area contributed by atoms with Gasteiger partial charge in [0, 0.05) is 30.7 Å². The van der Waals surface area contributed by atoms with Gasteiger partial charge in [0.1, 0.15) is 0 Å². The summed E-state index contributed by atoms with van der Waals surface area (Å²) >= 11 is 5.85. The average Bonchev–Trinajstić information content (AvgIpc) is 3.24. The minimum absolute atomic E-state index is 0.0908. The summed E-state index contributed by atoms with van der Waals surface area (Å²) in [5, 5.41) is 5.81. The maximum atomic E-state index is 13.2. The number of benzene rings is 2. The molecule has 1 heterocycles. The van der Waals surface area contributed by atoms with Crippen molar-refractivity contribution in [3.63, 3.8) is 0 Å². The summed E-state index contributed by atoms with van der Waals surface area (Å²) in [6, 6.07) is 12.2. The number of nitrogens with zero attached hydrogens (tertiary/aromatic N) is 1. The zero-order chi connectivity index (χ0) is 23.3. The minimum Gasteiger partial charge on any atom is -0.348 e. The first kappa shape index (κ1) is 24.2. The Kier molecular flexibility index (Phi) is 7.92. The van der Waals surface area contributed by atoms with Gasteiger partial charge in [-0.25, -0.2) is 8.42 Å². The summed E-state index contributed by atoms with van der Waals surface area (Å²) in [6.07, 6.45) is 1.90. The van der Waals surface area contributed by atoms with Crippen LogP contribution in [0.4, 0.5) is 0 Å². The van der Waals surface area contributed by atoms with Crippen molar-refractivity contribution in [2.24, 2.45) is 0 Å². The second kappa shape index (κ2) is 10.5. The zero-order valence-corrected chi connectivity index (χ0v) is 19.8. The molecule has 1 aliphatic rings. The molecule has 7 nitrogen and oxygen atoms in total. The monoisotopic (exact) mass is 477 g/mol. The molecule has 1 aliphatic heterocycles. The number of sulfonamides is 1. The minimum atomic E-state index is -3.69. The van der Waals surface area contributed by atoms with Crippen LogP contribution in [0, 0.1) is 13.8 Å². The highest BCUT2D eigenvalue weighted by molar-refractivity contribution is 7.89. The van der Waals surface area contributed by atoms with Gasteiger partial charge in [0.05, 0.1) is 4.90 Å². The second-order valence-electron chi connectivity index (χ2n) is 8.02. The molecule has 0 aliphatic carbocycles. The largest absolute Gasteiger partial charge is 0.348 e. The van der Waals surface area contributed by atoms with Crippen molar-refractivity contribution in [3.05, 3.63) is 64.2 Å². The predicted molar refractivity (Wildman–Crippen MR) is 124 cm³/mol. The molecule has 2 N–H and O–H groups in total. The van der Waals surface area contributed by atoms with Crippen LogP contribution in [0.25, 0.3) is 0 Å². The van der Waals surface area contributed by atoms with Gasteiger partial charge in [-0.05, 0) is 68.0 Å². The number of rotatable bonds is 7. The summed E-state index contributed by atoms with van der Waals surface area (Å²) in [4.78, 5) is 24.6. The first-order valence-corrected chi connectivity index (χ1v) is 12.4. The standard InChI is InChI=1S/C23H28ClN3O4S/c1-16-5-6-17(2)21(14-16)32(30,31)27-13-3-4-20(27)15-26-23(29)22(28)25-12-11-18-7-9-19(24)10-8-18/h5-10,14,20H,3-4,11-13,15H2,1-2H3,(H,25,28)(H,26,29). The Balaban J connectivity index is 1.53. The van der Waals surface area contributed by atoms with Crippen LogP contribution >= 0.6 is 11.6 Å². The van der Waals surface area contributed by atoms with Crippen molar-refractivity contribution < 1.29 is 18.0 Å². The second-order valence-corrected chi connectivity index (χ2v) is 10.3. The van der Waals surface area contributed by atoms with E-state index < -0.39 is 21.8 Å². The quantitative estimate of drug-likeness (QED) is 0.599. The van der Waals surface area contributed by atoms with Crippen LogP contribution in [0.2, 0.25) is 5.02 Å². The Morgan fingerprint density at radius 3 is 2.47 bits per heavy atom. The highest BCUT2D eigenvalue weighted by Crippen LogP contribution is 2.28. The molecular formula is C23H28ClN3O4S. The molecule has 0 aromatic heterocycles. The van der Waals surface area contributed by atoms with Crippen LogP contribution < -0.4 is 10.6 Å². The van der Waals surface area contributed by atoms with E-state index in [9.17, 15) is 18.0 Å². The van der Waals surface area contributed by atoms with Gasteiger partial charge in [0.15, 0.2) is 0 Å². The predicted octanol–water partition coefficient (Wildman–Crippen LogP) is 2.59. The first-order chi connectivity index (χ1) is 15.2. The molecule has 0 saturated carbocycles. The van der Waals surface area contributed by atoms with Gasteiger partial charge in [0.2, 0.25) is 10.0 Å². The number of amides is 2. The molecule has 2 amide bonds. The van der Waals surface area contributed by atoms with Gasteiger partial charge in [0.25, 0.3) is 0 Å². The molecule has 3 rings (SSSR count). The van der Waals surface area contributed by atoms with Crippen molar-refractivity contribution in [2.75, 3.05) is 19.6 Å². The normalized spacial score (nSPS) is 16.7. The van der Waals surface area contributed by atoms with E-state index in [1.807, 2.05) is 25.1 Å². The van der Waals surface area contributed by atoms with Crippen LogP contribution in [-0.2, 0) is 26.0 Å². The molecule has 2 aromatic rings. The van der Waals surface area contributed by atoms with Gasteiger partial charge in [-0.15, -0.1) is 0 Å². The van der Waals surface area contributed by atoms with Crippen molar-refractivity contribution in [1.29, 1.82) is 0 Å². The fourth-order valence-electron chi connectivity index (χ4n) is 3.78. The third-order valence-electron chi connectivity index (χ3n) is 5.57.